The number of unbranched alkanes of at least 4 members (excludes halogenated alkanes) is 15. The van der Waals surface area contributed by atoms with E-state index in [1.807, 2.05) is 0 Å². The third-order valence-electron chi connectivity index (χ3n) is 5.42. The van der Waals surface area contributed by atoms with Gasteiger partial charge in [-0.2, -0.15) is 0 Å². The number of rotatable bonds is 26. The molecule has 0 heterocycles. The van der Waals surface area contributed by atoms with Gasteiger partial charge in [0.1, 0.15) is 6.61 Å². The molecule has 5 heteroatoms. The van der Waals surface area contributed by atoms with Gasteiger partial charge in [0.25, 0.3) is 0 Å². The molecule has 0 aliphatic heterocycles. The first-order chi connectivity index (χ1) is 15.3. The average Bonchev–Trinajstić information content (AvgIpc) is 2.76. The number of esters is 1. The lowest BCUT2D eigenvalue weighted by Crippen LogP contribution is -2.13. The van der Waals surface area contributed by atoms with Gasteiger partial charge in [-0.1, -0.05) is 103 Å². The Labute approximate surface area is 192 Å². The van der Waals surface area contributed by atoms with E-state index in [0.29, 0.717) is 39.6 Å². The summed E-state index contributed by atoms with van der Waals surface area (Å²) < 4.78 is 21.1. The lowest BCUT2D eigenvalue weighted by atomic mass is 10.0. The molecule has 31 heavy (non-hydrogen) atoms. The van der Waals surface area contributed by atoms with Crippen LogP contribution >= 0.6 is 0 Å². The fourth-order valence-corrected chi connectivity index (χ4v) is 3.54. The first-order valence-corrected chi connectivity index (χ1v) is 13.1. The van der Waals surface area contributed by atoms with E-state index in [1.165, 1.54) is 103 Å². The molecule has 0 radical (unpaired) electrons. The molecular weight excluding hydrogens is 392 g/mol. The summed E-state index contributed by atoms with van der Waals surface area (Å²) in [5.41, 5.74) is 0. The van der Waals surface area contributed by atoms with Gasteiger partial charge in [-0.15, -0.1) is 0 Å². The lowest BCUT2D eigenvalue weighted by molar-refractivity contribution is -0.142. The van der Waals surface area contributed by atoms with E-state index < -0.39 is 0 Å². The highest BCUT2D eigenvalue weighted by atomic mass is 16.6. The Morgan fingerprint density at radius 2 is 0.774 bits per heavy atom. The molecular formula is C26H52O5. The van der Waals surface area contributed by atoms with Crippen molar-refractivity contribution in [2.75, 3.05) is 46.2 Å². The minimum absolute atomic E-state index is 0.277. The zero-order valence-electron chi connectivity index (χ0n) is 20.8. The Morgan fingerprint density at radius 3 is 1.16 bits per heavy atom. The molecule has 0 amide bonds. The second-order valence-electron chi connectivity index (χ2n) is 8.48. The molecule has 0 aromatic heterocycles. The molecule has 5 nitrogen and oxygen atoms in total. The van der Waals surface area contributed by atoms with Gasteiger partial charge in [-0.05, 0) is 6.42 Å². The summed E-state index contributed by atoms with van der Waals surface area (Å²) in [5.74, 6) is -0.277. The van der Waals surface area contributed by atoms with Crippen molar-refractivity contribution in [1.82, 2.24) is 0 Å². The van der Waals surface area contributed by atoms with Gasteiger partial charge in [0.05, 0.1) is 33.0 Å². The van der Waals surface area contributed by atoms with Crippen molar-refractivity contribution in [2.45, 2.75) is 117 Å². The molecule has 0 unspecified atom stereocenters. The molecule has 0 aliphatic carbocycles. The van der Waals surface area contributed by atoms with Crippen LogP contribution < -0.4 is 0 Å². The minimum atomic E-state index is -0.277. The largest absolute Gasteiger partial charge is 0.463 e. The fourth-order valence-electron chi connectivity index (χ4n) is 3.54. The van der Waals surface area contributed by atoms with E-state index in [0.717, 1.165) is 13.0 Å². The van der Waals surface area contributed by atoms with E-state index in [4.69, 9.17) is 18.9 Å². The van der Waals surface area contributed by atoms with Crippen LogP contribution in [0.25, 0.3) is 0 Å². The van der Waals surface area contributed by atoms with E-state index in [1.54, 1.807) is 0 Å². The quantitative estimate of drug-likeness (QED) is 0.108. The highest BCUT2D eigenvalue weighted by Gasteiger charge is 1.96. The van der Waals surface area contributed by atoms with Gasteiger partial charge in [0.15, 0.2) is 0 Å². The van der Waals surface area contributed by atoms with Gasteiger partial charge in [0.2, 0.25) is 0 Å². The lowest BCUT2D eigenvalue weighted by Gasteiger charge is -2.07. The maximum Gasteiger partial charge on any atom is 0.302 e. The molecule has 0 saturated heterocycles. The van der Waals surface area contributed by atoms with Crippen molar-refractivity contribution in [2.24, 2.45) is 0 Å². The predicted octanol–water partition coefficient (Wildman–Crippen LogP) is 6.86. The highest BCUT2D eigenvalue weighted by Crippen LogP contribution is 2.13. The van der Waals surface area contributed by atoms with Crippen molar-refractivity contribution in [3.8, 4) is 0 Å². The Balaban J connectivity index is 3.00. The normalized spacial score (nSPS) is 11.2. The van der Waals surface area contributed by atoms with E-state index in [2.05, 4.69) is 6.92 Å². The topological polar surface area (TPSA) is 54.0 Å². The second-order valence-corrected chi connectivity index (χ2v) is 8.48. The molecule has 0 N–H and O–H groups in total. The van der Waals surface area contributed by atoms with Gasteiger partial charge in [0, 0.05) is 13.5 Å². The van der Waals surface area contributed by atoms with Crippen LogP contribution in [0.1, 0.15) is 117 Å². The first kappa shape index (κ1) is 30.4. The zero-order valence-corrected chi connectivity index (χ0v) is 20.8. The maximum atomic E-state index is 10.6. The summed E-state index contributed by atoms with van der Waals surface area (Å²) in [4.78, 5) is 10.6. The van der Waals surface area contributed by atoms with Gasteiger partial charge in [-0.25, -0.2) is 0 Å². The summed E-state index contributed by atoms with van der Waals surface area (Å²) in [5, 5.41) is 0. The molecule has 0 aliphatic rings. The molecule has 0 aromatic carbocycles. The predicted molar refractivity (Wildman–Crippen MR) is 129 cm³/mol. The van der Waals surface area contributed by atoms with E-state index in [9.17, 15) is 4.79 Å². The van der Waals surface area contributed by atoms with Crippen molar-refractivity contribution >= 4 is 5.97 Å². The van der Waals surface area contributed by atoms with Gasteiger partial charge < -0.3 is 18.9 Å². The fraction of sp³-hybridized carbons (Fsp3) is 0.962. The van der Waals surface area contributed by atoms with E-state index >= 15 is 0 Å². The smallest absolute Gasteiger partial charge is 0.302 e. The first-order valence-electron chi connectivity index (χ1n) is 13.1. The Morgan fingerprint density at radius 1 is 0.452 bits per heavy atom. The molecule has 0 bridgehead atoms. The van der Waals surface area contributed by atoms with Crippen LogP contribution in [0.15, 0.2) is 0 Å². The van der Waals surface area contributed by atoms with Crippen molar-refractivity contribution in [3.05, 3.63) is 0 Å². The van der Waals surface area contributed by atoms with Gasteiger partial charge in [-0.3, -0.25) is 4.79 Å². The number of carbonyl (C=O) groups is 1. The molecule has 0 fully saturated rings. The van der Waals surface area contributed by atoms with Crippen LogP contribution in [-0.2, 0) is 23.7 Å². The zero-order chi connectivity index (χ0) is 22.7. The second kappa shape index (κ2) is 27.4. The summed E-state index contributed by atoms with van der Waals surface area (Å²) in [7, 11) is 0. The Bertz CT molecular complexity index is 349. The molecule has 0 atom stereocenters. The van der Waals surface area contributed by atoms with Crippen molar-refractivity contribution < 1.29 is 23.7 Å². The van der Waals surface area contributed by atoms with E-state index in [-0.39, 0.29) is 5.97 Å². The van der Waals surface area contributed by atoms with Crippen LogP contribution in [0.3, 0.4) is 0 Å². The van der Waals surface area contributed by atoms with Crippen molar-refractivity contribution in [1.29, 1.82) is 0 Å². The Kier molecular flexibility index (Phi) is 26.8. The molecule has 186 valence electrons. The van der Waals surface area contributed by atoms with Crippen LogP contribution in [0.5, 0.6) is 0 Å². The third-order valence-corrected chi connectivity index (χ3v) is 5.42. The number of carbonyl (C=O) groups excluding carboxylic acids is 1. The standard InChI is InChI=1S/C26H52O5/c1-3-4-5-6-7-8-9-10-11-12-13-14-15-16-17-18-19-28-20-21-29-22-23-30-24-25-31-26(2)27/h3-25H2,1-2H3. The minimum Gasteiger partial charge on any atom is -0.463 e. The van der Waals surface area contributed by atoms with Crippen LogP contribution in [0, 0.1) is 0 Å². The SMILES string of the molecule is CCCCCCCCCCCCCCCCCCOCCOCCOCCOC(C)=O. The number of hydrogen-bond donors (Lipinski definition) is 0. The maximum absolute atomic E-state index is 10.6. The summed E-state index contributed by atoms with van der Waals surface area (Å²) >= 11 is 0. The van der Waals surface area contributed by atoms with Crippen LogP contribution in [0.4, 0.5) is 0 Å². The molecule has 0 rings (SSSR count). The monoisotopic (exact) mass is 444 g/mol. The van der Waals surface area contributed by atoms with Crippen LogP contribution in [0.2, 0.25) is 0 Å². The summed E-state index contributed by atoms with van der Waals surface area (Å²) in [6.07, 6.45) is 22.3. The van der Waals surface area contributed by atoms with Crippen LogP contribution in [-0.4, -0.2) is 52.2 Å². The Hall–Kier alpha value is -0.650. The summed E-state index contributed by atoms with van der Waals surface area (Å²) in [6.45, 7) is 7.54. The third kappa shape index (κ3) is 29.4. The molecule has 0 spiro atoms. The number of ether oxygens (including phenoxy) is 4. The highest BCUT2D eigenvalue weighted by molar-refractivity contribution is 5.65. The molecule has 0 aromatic rings. The van der Waals surface area contributed by atoms with Crippen molar-refractivity contribution in [3.63, 3.8) is 0 Å². The number of hydrogen-bond acceptors (Lipinski definition) is 5. The molecule has 0 saturated carbocycles. The van der Waals surface area contributed by atoms with Gasteiger partial charge >= 0.3 is 5.97 Å². The summed E-state index contributed by atoms with van der Waals surface area (Å²) in [6, 6.07) is 0. The average molecular weight is 445 g/mol.